The van der Waals surface area contributed by atoms with Crippen LogP contribution >= 0.6 is 11.6 Å². The summed E-state index contributed by atoms with van der Waals surface area (Å²) < 4.78 is 0. The number of carbonyl (C=O) groups excluding carboxylic acids is 3. The Kier molecular flexibility index (Phi) is 6.93. The molecule has 2 atom stereocenters. The zero-order valence-corrected chi connectivity index (χ0v) is 20.3. The van der Waals surface area contributed by atoms with E-state index in [9.17, 15) is 14.4 Å². The number of hydrogen-bond donors (Lipinski definition) is 2. The van der Waals surface area contributed by atoms with Crippen molar-refractivity contribution >= 4 is 29.4 Å². The molecule has 0 spiro atoms. The summed E-state index contributed by atoms with van der Waals surface area (Å²) >= 11 is 6.06. The van der Waals surface area contributed by atoms with Gasteiger partial charge in [-0.3, -0.25) is 14.5 Å². The standard InChI is InChI=1S/C26H29ClN4O3/c1-4-30-20-15-31(23(18-8-6-5-7-9-18)24(32)28-14-16(2)3)25(33)21(20)22(29-26(30)34)17-10-12-19(27)13-11-17/h5-13,16,22-23H,4,14-15H2,1-3H3,(H,28,32)(H,29,34)/t22-,23-/m1/s1. The topological polar surface area (TPSA) is 81.8 Å². The number of nitrogens with zero attached hydrogens (tertiary/aromatic N) is 2. The number of rotatable bonds is 7. The van der Waals surface area contributed by atoms with E-state index in [0.29, 0.717) is 29.4 Å². The highest BCUT2D eigenvalue weighted by Crippen LogP contribution is 2.39. The van der Waals surface area contributed by atoms with Crippen LogP contribution in [0.25, 0.3) is 0 Å². The Morgan fingerprint density at radius 3 is 2.41 bits per heavy atom. The number of urea groups is 1. The molecule has 2 aromatic carbocycles. The van der Waals surface area contributed by atoms with Gasteiger partial charge in [-0.05, 0) is 36.1 Å². The van der Waals surface area contributed by atoms with Gasteiger partial charge in [0.15, 0.2) is 0 Å². The number of hydrogen-bond acceptors (Lipinski definition) is 3. The van der Waals surface area contributed by atoms with E-state index in [2.05, 4.69) is 10.6 Å². The third-order valence-corrected chi connectivity index (χ3v) is 6.38. The highest BCUT2D eigenvalue weighted by molar-refractivity contribution is 6.30. The number of amides is 4. The van der Waals surface area contributed by atoms with E-state index < -0.39 is 12.1 Å². The molecule has 0 saturated heterocycles. The highest BCUT2D eigenvalue weighted by atomic mass is 35.5. The predicted molar refractivity (Wildman–Crippen MR) is 131 cm³/mol. The monoisotopic (exact) mass is 480 g/mol. The van der Waals surface area contributed by atoms with Gasteiger partial charge in [0.1, 0.15) is 6.04 Å². The van der Waals surface area contributed by atoms with Gasteiger partial charge in [-0.25, -0.2) is 4.79 Å². The van der Waals surface area contributed by atoms with Gasteiger partial charge in [-0.2, -0.15) is 0 Å². The van der Waals surface area contributed by atoms with Crippen molar-refractivity contribution in [3.63, 3.8) is 0 Å². The molecule has 4 amide bonds. The van der Waals surface area contributed by atoms with E-state index in [0.717, 1.165) is 11.1 Å². The van der Waals surface area contributed by atoms with Crippen LogP contribution in [0.3, 0.4) is 0 Å². The molecule has 2 N–H and O–H groups in total. The first-order valence-corrected chi connectivity index (χ1v) is 11.9. The second-order valence-electron chi connectivity index (χ2n) is 8.92. The fourth-order valence-corrected chi connectivity index (χ4v) is 4.60. The molecule has 178 valence electrons. The van der Waals surface area contributed by atoms with Crippen molar-refractivity contribution in [3.8, 4) is 0 Å². The summed E-state index contributed by atoms with van der Waals surface area (Å²) in [5.74, 6) is -0.229. The van der Waals surface area contributed by atoms with Gasteiger partial charge in [-0.15, -0.1) is 0 Å². The molecule has 0 saturated carbocycles. The SMILES string of the molecule is CCN1C(=O)N[C@H](c2ccc(Cl)cc2)C2=C1CN([C@@H](C(=O)NCC(C)C)c1ccccc1)C2=O. The summed E-state index contributed by atoms with van der Waals surface area (Å²) in [7, 11) is 0. The first kappa shape index (κ1) is 23.8. The van der Waals surface area contributed by atoms with Crippen LogP contribution in [0.5, 0.6) is 0 Å². The zero-order chi connectivity index (χ0) is 24.4. The maximum absolute atomic E-state index is 13.9. The average molecular weight is 481 g/mol. The molecule has 0 aromatic heterocycles. The van der Waals surface area contributed by atoms with Crippen molar-refractivity contribution in [1.29, 1.82) is 0 Å². The number of carbonyl (C=O) groups is 3. The van der Waals surface area contributed by atoms with Crippen LogP contribution in [0.2, 0.25) is 5.02 Å². The maximum Gasteiger partial charge on any atom is 0.322 e. The Hall–Kier alpha value is -3.32. The van der Waals surface area contributed by atoms with E-state index in [1.54, 1.807) is 34.1 Å². The molecular weight excluding hydrogens is 452 g/mol. The lowest BCUT2D eigenvalue weighted by molar-refractivity contribution is -0.136. The van der Waals surface area contributed by atoms with Gasteiger partial charge in [0.05, 0.1) is 23.9 Å². The first-order valence-electron chi connectivity index (χ1n) is 11.5. The average Bonchev–Trinajstić information content (AvgIpc) is 3.15. The van der Waals surface area contributed by atoms with Crippen LogP contribution in [0.1, 0.15) is 44.0 Å². The molecule has 0 fully saturated rings. The molecule has 2 aromatic rings. The van der Waals surface area contributed by atoms with Crippen LogP contribution in [0.4, 0.5) is 4.79 Å². The summed E-state index contributed by atoms with van der Waals surface area (Å²) in [5.41, 5.74) is 2.61. The van der Waals surface area contributed by atoms with Gasteiger partial charge in [0, 0.05) is 18.1 Å². The molecule has 2 aliphatic rings. The third-order valence-electron chi connectivity index (χ3n) is 6.13. The molecule has 0 aliphatic carbocycles. The molecule has 8 heteroatoms. The Morgan fingerprint density at radius 2 is 1.79 bits per heavy atom. The second kappa shape index (κ2) is 9.89. The predicted octanol–water partition coefficient (Wildman–Crippen LogP) is 4.04. The fourth-order valence-electron chi connectivity index (χ4n) is 4.47. The van der Waals surface area contributed by atoms with Crippen LogP contribution in [-0.4, -0.2) is 47.3 Å². The molecular formula is C26H29ClN4O3. The smallest absolute Gasteiger partial charge is 0.322 e. The third kappa shape index (κ3) is 4.53. The molecule has 34 heavy (non-hydrogen) atoms. The quantitative estimate of drug-likeness (QED) is 0.627. The lowest BCUT2D eigenvalue weighted by Crippen LogP contribution is -2.47. The van der Waals surface area contributed by atoms with Crippen LogP contribution < -0.4 is 10.6 Å². The minimum Gasteiger partial charge on any atom is -0.354 e. The number of likely N-dealkylation sites (N-methyl/N-ethyl adjacent to an activating group) is 1. The number of halogens is 1. The van der Waals surface area contributed by atoms with Crippen molar-refractivity contribution in [3.05, 3.63) is 82.0 Å². The molecule has 0 bridgehead atoms. The van der Waals surface area contributed by atoms with Crippen LogP contribution in [-0.2, 0) is 9.59 Å². The summed E-state index contributed by atoms with van der Waals surface area (Å²) in [4.78, 5) is 43.3. The van der Waals surface area contributed by atoms with E-state index in [4.69, 9.17) is 11.6 Å². The van der Waals surface area contributed by atoms with Gasteiger partial charge in [0.2, 0.25) is 5.91 Å². The summed E-state index contributed by atoms with van der Waals surface area (Å²) in [5, 5.41) is 6.51. The van der Waals surface area contributed by atoms with Crippen molar-refractivity contribution in [2.24, 2.45) is 5.92 Å². The van der Waals surface area contributed by atoms with Gasteiger partial charge in [0.25, 0.3) is 5.91 Å². The minimum absolute atomic E-state index is 0.175. The molecule has 2 aliphatic heterocycles. The second-order valence-corrected chi connectivity index (χ2v) is 9.36. The lowest BCUT2D eigenvalue weighted by atomic mass is 9.95. The van der Waals surface area contributed by atoms with E-state index in [-0.39, 0.29) is 30.3 Å². The summed E-state index contributed by atoms with van der Waals surface area (Å²) in [6, 6.07) is 14.7. The minimum atomic E-state index is -0.808. The van der Waals surface area contributed by atoms with Gasteiger partial charge < -0.3 is 15.5 Å². The largest absolute Gasteiger partial charge is 0.354 e. The van der Waals surface area contributed by atoms with E-state index in [1.165, 1.54) is 0 Å². The number of nitrogens with one attached hydrogen (secondary N) is 2. The van der Waals surface area contributed by atoms with Crippen LogP contribution in [0, 0.1) is 5.92 Å². The van der Waals surface area contributed by atoms with Crippen LogP contribution in [0.15, 0.2) is 65.9 Å². The first-order chi connectivity index (χ1) is 16.3. The molecule has 0 unspecified atom stereocenters. The van der Waals surface area contributed by atoms with Crippen molar-refractivity contribution < 1.29 is 14.4 Å². The fraction of sp³-hybridized carbons (Fsp3) is 0.346. The highest BCUT2D eigenvalue weighted by Gasteiger charge is 2.47. The van der Waals surface area contributed by atoms with Crippen molar-refractivity contribution in [2.45, 2.75) is 32.9 Å². The van der Waals surface area contributed by atoms with E-state index >= 15 is 0 Å². The van der Waals surface area contributed by atoms with Gasteiger partial charge >= 0.3 is 6.03 Å². The molecule has 4 rings (SSSR count). The zero-order valence-electron chi connectivity index (χ0n) is 19.5. The summed E-state index contributed by atoms with van der Waals surface area (Å²) in [6.07, 6.45) is 0. The molecule has 0 radical (unpaired) electrons. The van der Waals surface area contributed by atoms with E-state index in [1.807, 2.05) is 51.1 Å². The molecule has 2 heterocycles. The molecule has 7 nitrogen and oxygen atoms in total. The van der Waals surface area contributed by atoms with Gasteiger partial charge in [-0.1, -0.05) is 67.9 Å². The normalized spacial score (nSPS) is 18.8. The number of benzene rings is 2. The Labute approximate surface area is 204 Å². The van der Waals surface area contributed by atoms with Crippen molar-refractivity contribution in [2.75, 3.05) is 19.6 Å². The Balaban J connectivity index is 1.74. The Morgan fingerprint density at radius 1 is 1.12 bits per heavy atom. The summed E-state index contributed by atoms with van der Waals surface area (Å²) in [6.45, 7) is 7.00. The lowest BCUT2D eigenvalue weighted by Gasteiger charge is -2.32. The van der Waals surface area contributed by atoms with Crippen molar-refractivity contribution in [1.82, 2.24) is 20.4 Å². The maximum atomic E-state index is 13.9. The Bertz CT molecular complexity index is 1110.